The molecule has 0 saturated heterocycles. The number of ether oxygens (including phenoxy) is 1. The van der Waals surface area contributed by atoms with Crippen LogP contribution >= 0.6 is 0 Å². The Morgan fingerprint density at radius 2 is 2.70 bits per heavy atom. The summed E-state index contributed by atoms with van der Waals surface area (Å²) in [6.07, 6.45) is 1.18. The van der Waals surface area contributed by atoms with E-state index in [-0.39, 0.29) is 12.6 Å². The second-order valence-corrected chi connectivity index (χ2v) is 1.61. The fraction of sp³-hybridized carbons (Fsp3) is 0.400. The highest BCUT2D eigenvalue weighted by Crippen LogP contribution is 1.93. The minimum atomic E-state index is -0.363. The highest BCUT2D eigenvalue weighted by molar-refractivity contribution is 5.65. The zero-order valence-electron chi connectivity index (χ0n) is 5.40. The Morgan fingerprint density at radius 3 is 3.20 bits per heavy atom. The van der Waals surface area contributed by atoms with E-state index < -0.39 is 0 Å². The van der Waals surface area contributed by atoms with Crippen molar-refractivity contribution in [3.63, 3.8) is 0 Å². The van der Waals surface area contributed by atoms with E-state index >= 15 is 0 Å². The van der Waals surface area contributed by atoms with Crippen LogP contribution in [0.25, 0.3) is 0 Å². The van der Waals surface area contributed by atoms with Crippen molar-refractivity contribution in [1.82, 2.24) is 10.2 Å². The van der Waals surface area contributed by atoms with Gasteiger partial charge in [0.15, 0.2) is 6.61 Å². The van der Waals surface area contributed by atoms with Gasteiger partial charge in [0.25, 0.3) is 5.89 Å². The lowest BCUT2D eigenvalue weighted by atomic mass is 10.7. The normalized spacial score (nSPS) is 9.30. The lowest BCUT2D eigenvalue weighted by Crippen LogP contribution is -1.98. The second kappa shape index (κ2) is 2.95. The minimum absolute atomic E-state index is 0.0509. The van der Waals surface area contributed by atoms with Gasteiger partial charge in [-0.25, -0.2) is 0 Å². The smallest absolute Gasteiger partial charge is 0.303 e. The maximum Gasteiger partial charge on any atom is 0.303 e. The standard InChI is InChI=1S/C5H6N2O3/c1-4(8)9-2-5-7-6-3-10-5/h3H,2H2,1H3. The van der Waals surface area contributed by atoms with Gasteiger partial charge in [-0.05, 0) is 0 Å². The molecule has 1 heterocycles. The Bertz CT molecular complexity index is 207. The van der Waals surface area contributed by atoms with Crippen molar-refractivity contribution in [2.45, 2.75) is 13.5 Å². The summed E-state index contributed by atoms with van der Waals surface area (Å²) in [4.78, 5) is 10.2. The summed E-state index contributed by atoms with van der Waals surface area (Å²) < 4.78 is 9.24. The van der Waals surface area contributed by atoms with Crippen LogP contribution < -0.4 is 0 Å². The molecule has 1 rings (SSSR count). The van der Waals surface area contributed by atoms with Gasteiger partial charge in [-0.2, -0.15) is 0 Å². The molecule has 1 aromatic rings. The number of aromatic nitrogens is 2. The monoisotopic (exact) mass is 142 g/mol. The largest absolute Gasteiger partial charge is 0.456 e. The summed E-state index contributed by atoms with van der Waals surface area (Å²) in [6, 6.07) is 0. The van der Waals surface area contributed by atoms with Gasteiger partial charge in [0.1, 0.15) is 0 Å². The zero-order chi connectivity index (χ0) is 7.40. The van der Waals surface area contributed by atoms with Crippen molar-refractivity contribution in [3.05, 3.63) is 12.3 Å². The van der Waals surface area contributed by atoms with Gasteiger partial charge in [0.05, 0.1) is 0 Å². The van der Waals surface area contributed by atoms with Gasteiger partial charge in [-0.1, -0.05) is 0 Å². The van der Waals surface area contributed by atoms with Crippen molar-refractivity contribution >= 4 is 5.97 Å². The van der Waals surface area contributed by atoms with E-state index in [1.54, 1.807) is 0 Å². The molecule has 0 atom stereocenters. The molecule has 0 fully saturated rings. The van der Waals surface area contributed by atoms with E-state index in [4.69, 9.17) is 0 Å². The van der Waals surface area contributed by atoms with E-state index in [9.17, 15) is 4.79 Å². The number of hydrogen-bond donors (Lipinski definition) is 0. The first-order valence-corrected chi connectivity index (χ1v) is 2.67. The van der Waals surface area contributed by atoms with Crippen LogP contribution in [-0.2, 0) is 16.1 Å². The number of hydrogen-bond acceptors (Lipinski definition) is 5. The summed E-state index contributed by atoms with van der Waals surface area (Å²) in [6.45, 7) is 1.37. The Balaban J connectivity index is 2.35. The maximum atomic E-state index is 10.2. The van der Waals surface area contributed by atoms with Crippen LogP contribution in [-0.4, -0.2) is 16.2 Å². The molecule has 0 spiro atoms. The Morgan fingerprint density at radius 1 is 1.90 bits per heavy atom. The Hall–Kier alpha value is -1.39. The summed E-state index contributed by atoms with van der Waals surface area (Å²) in [5.41, 5.74) is 0. The third-order valence-electron chi connectivity index (χ3n) is 0.804. The van der Waals surface area contributed by atoms with Crippen LogP contribution in [0.5, 0.6) is 0 Å². The van der Waals surface area contributed by atoms with Gasteiger partial charge < -0.3 is 9.15 Å². The molecule has 0 unspecified atom stereocenters. The number of carbonyl (C=O) groups is 1. The average Bonchev–Trinajstić information content (AvgIpc) is 2.34. The van der Waals surface area contributed by atoms with E-state index in [1.165, 1.54) is 13.3 Å². The van der Waals surface area contributed by atoms with Crippen molar-refractivity contribution in [2.24, 2.45) is 0 Å². The molecule has 0 amide bonds. The molecule has 0 aromatic carbocycles. The third-order valence-corrected chi connectivity index (χ3v) is 0.804. The molecule has 5 heteroatoms. The van der Waals surface area contributed by atoms with E-state index in [0.29, 0.717) is 5.89 Å². The van der Waals surface area contributed by atoms with Crippen LogP contribution in [0.4, 0.5) is 0 Å². The molecule has 0 radical (unpaired) electrons. The number of rotatable bonds is 2. The van der Waals surface area contributed by atoms with Crippen LogP contribution in [0, 0.1) is 0 Å². The van der Waals surface area contributed by atoms with E-state index in [1.807, 2.05) is 0 Å². The molecule has 54 valence electrons. The number of carbonyl (C=O) groups excluding carboxylic acids is 1. The molecule has 0 bridgehead atoms. The first-order valence-electron chi connectivity index (χ1n) is 2.67. The predicted octanol–water partition coefficient (Wildman–Crippen LogP) is 0.133. The molecule has 0 aliphatic heterocycles. The summed E-state index contributed by atoms with van der Waals surface area (Å²) in [5, 5.41) is 6.89. The molecule has 0 N–H and O–H groups in total. The fourth-order valence-electron chi connectivity index (χ4n) is 0.422. The average molecular weight is 142 g/mol. The predicted molar refractivity (Wildman–Crippen MR) is 29.8 cm³/mol. The van der Waals surface area contributed by atoms with Crippen LogP contribution in [0.3, 0.4) is 0 Å². The van der Waals surface area contributed by atoms with Gasteiger partial charge in [-0.3, -0.25) is 4.79 Å². The van der Waals surface area contributed by atoms with Crippen molar-refractivity contribution in [3.8, 4) is 0 Å². The second-order valence-electron chi connectivity index (χ2n) is 1.61. The molecular weight excluding hydrogens is 136 g/mol. The Kier molecular flexibility index (Phi) is 1.99. The van der Waals surface area contributed by atoms with Crippen molar-refractivity contribution in [2.75, 3.05) is 0 Å². The summed E-state index contributed by atoms with van der Waals surface area (Å²) >= 11 is 0. The summed E-state index contributed by atoms with van der Waals surface area (Å²) in [7, 11) is 0. The quantitative estimate of drug-likeness (QED) is 0.549. The molecule has 0 aliphatic rings. The van der Waals surface area contributed by atoms with Gasteiger partial charge in [0, 0.05) is 6.92 Å². The van der Waals surface area contributed by atoms with Gasteiger partial charge >= 0.3 is 5.97 Å². The zero-order valence-corrected chi connectivity index (χ0v) is 5.40. The van der Waals surface area contributed by atoms with Crippen LogP contribution in [0.15, 0.2) is 10.8 Å². The minimum Gasteiger partial charge on any atom is -0.456 e. The number of esters is 1. The summed E-state index contributed by atoms with van der Waals surface area (Å²) in [5.74, 6) is -0.0617. The molecular formula is C5H6N2O3. The fourth-order valence-corrected chi connectivity index (χ4v) is 0.422. The van der Waals surface area contributed by atoms with E-state index in [0.717, 1.165) is 0 Å². The number of nitrogens with zero attached hydrogens (tertiary/aromatic N) is 2. The SMILES string of the molecule is CC(=O)OCc1nnco1. The van der Waals surface area contributed by atoms with Crippen LogP contribution in [0.2, 0.25) is 0 Å². The molecule has 10 heavy (non-hydrogen) atoms. The van der Waals surface area contributed by atoms with Gasteiger partial charge in [0.2, 0.25) is 6.39 Å². The highest BCUT2D eigenvalue weighted by Gasteiger charge is 1.99. The highest BCUT2D eigenvalue weighted by atomic mass is 16.5. The lowest BCUT2D eigenvalue weighted by Gasteiger charge is -1.93. The van der Waals surface area contributed by atoms with Crippen LogP contribution in [0.1, 0.15) is 12.8 Å². The maximum absolute atomic E-state index is 10.2. The van der Waals surface area contributed by atoms with Gasteiger partial charge in [-0.15, -0.1) is 10.2 Å². The molecule has 0 saturated carbocycles. The molecule has 0 aliphatic carbocycles. The first-order chi connectivity index (χ1) is 4.79. The molecule has 5 nitrogen and oxygen atoms in total. The molecule has 1 aromatic heterocycles. The van der Waals surface area contributed by atoms with E-state index in [2.05, 4.69) is 19.4 Å². The van der Waals surface area contributed by atoms with Crippen molar-refractivity contribution in [1.29, 1.82) is 0 Å². The topological polar surface area (TPSA) is 65.2 Å². The third kappa shape index (κ3) is 1.85. The Labute approximate surface area is 57.0 Å². The first kappa shape index (κ1) is 6.73. The lowest BCUT2D eigenvalue weighted by molar-refractivity contribution is -0.142. The van der Waals surface area contributed by atoms with Crippen molar-refractivity contribution < 1.29 is 13.9 Å².